The van der Waals surface area contributed by atoms with Gasteiger partial charge in [0.2, 0.25) is 0 Å². The van der Waals surface area contributed by atoms with Crippen LogP contribution in [-0.4, -0.2) is 20.3 Å². The van der Waals surface area contributed by atoms with Crippen molar-refractivity contribution in [3.8, 4) is 10.6 Å². The summed E-state index contributed by atoms with van der Waals surface area (Å²) in [6, 6.07) is 7.60. The zero-order valence-electron chi connectivity index (χ0n) is 11.3. The molecule has 4 aromatic heterocycles. The first-order chi connectivity index (χ1) is 10.8. The highest BCUT2D eigenvalue weighted by molar-refractivity contribution is 7.15. The predicted octanol–water partition coefficient (Wildman–Crippen LogP) is 3.77. The SMILES string of the molecule is O=C(Nc1cccnc1)c1csc2nc(-c3cccs3)cn12. The monoisotopic (exact) mass is 326 g/mol. The molecule has 108 valence electrons. The molecule has 0 saturated carbocycles. The first kappa shape index (κ1) is 13.2. The molecule has 0 unspecified atom stereocenters. The van der Waals surface area contributed by atoms with Crippen molar-refractivity contribution in [1.82, 2.24) is 14.4 Å². The molecule has 0 fully saturated rings. The summed E-state index contributed by atoms with van der Waals surface area (Å²) in [6.07, 6.45) is 5.18. The molecule has 0 saturated heterocycles. The van der Waals surface area contributed by atoms with E-state index in [-0.39, 0.29) is 5.91 Å². The Morgan fingerprint density at radius 2 is 2.18 bits per heavy atom. The molecule has 1 amide bonds. The third-order valence-corrected chi connectivity index (χ3v) is 4.87. The van der Waals surface area contributed by atoms with E-state index in [0.29, 0.717) is 11.4 Å². The Morgan fingerprint density at radius 1 is 1.23 bits per heavy atom. The van der Waals surface area contributed by atoms with Gasteiger partial charge in [-0.1, -0.05) is 6.07 Å². The second kappa shape index (κ2) is 5.36. The van der Waals surface area contributed by atoms with Gasteiger partial charge < -0.3 is 5.32 Å². The van der Waals surface area contributed by atoms with Gasteiger partial charge in [-0.2, -0.15) is 0 Å². The van der Waals surface area contributed by atoms with Crippen LogP contribution in [0.1, 0.15) is 10.5 Å². The molecule has 0 aliphatic carbocycles. The van der Waals surface area contributed by atoms with Gasteiger partial charge in [0, 0.05) is 17.8 Å². The topological polar surface area (TPSA) is 59.3 Å². The average Bonchev–Trinajstić information content (AvgIpc) is 3.24. The Labute approximate surface area is 133 Å². The Hall–Kier alpha value is -2.51. The number of amides is 1. The zero-order chi connectivity index (χ0) is 14.9. The minimum atomic E-state index is -0.172. The van der Waals surface area contributed by atoms with E-state index in [1.54, 1.807) is 35.9 Å². The van der Waals surface area contributed by atoms with Crippen molar-refractivity contribution in [3.63, 3.8) is 0 Å². The van der Waals surface area contributed by atoms with Crippen LogP contribution in [0.4, 0.5) is 5.69 Å². The molecule has 0 bridgehead atoms. The van der Waals surface area contributed by atoms with Gasteiger partial charge in [-0.3, -0.25) is 14.2 Å². The van der Waals surface area contributed by atoms with Crippen LogP contribution in [-0.2, 0) is 0 Å². The van der Waals surface area contributed by atoms with E-state index in [1.165, 1.54) is 11.3 Å². The number of nitrogens with zero attached hydrogens (tertiary/aromatic N) is 3. The van der Waals surface area contributed by atoms with Crippen LogP contribution >= 0.6 is 22.7 Å². The van der Waals surface area contributed by atoms with Crippen LogP contribution in [0.3, 0.4) is 0 Å². The molecule has 0 atom stereocenters. The molecule has 4 heterocycles. The summed E-state index contributed by atoms with van der Waals surface area (Å²) >= 11 is 3.08. The lowest BCUT2D eigenvalue weighted by Gasteiger charge is -2.02. The van der Waals surface area contributed by atoms with Crippen molar-refractivity contribution < 1.29 is 4.79 Å². The van der Waals surface area contributed by atoms with Gasteiger partial charge in [-0.05, 0) is 23.6 Å². The van der Waals surface area contributed by atoms with Gasteiger partial charge in [0.1, 0.15) is 11.4 Å². The smallest absolute Gasteiger partial charge is 0.273 e. The third kappa shape index (κ3) is 2.30. The minimum absolute atomic E-state index is 0.172. The molecule has 0 aromatic carbocycles. The maximum atomic E-state index is 12.4. The largest absolute Gasteiger partial charge is 0.319 e. The Balaban J connectivity index is 1.68. The van der Waals surface area contributed by atoms with E-state index in [0.717, 1.165) is 15.5 Å². The summed E-state index contributed by atoms with van der Waals surface area (Å²) in [5.74, 6) is -0.172. The maximum absolute atomic E-state index is 12.4. The number of pyridine rings is 1. The van der Waals surface area contributed by atoms with E-state index >= 15 is 0 Å². The molecule has 7 heteroatoms. The predicted molar refractivity (Wildman–Crippen MR) is 88.6 cm³/mol. The number of hydrogen-bond acceptors (Lipinski definition) is 5. The van der Waals surface area contributed by atoms with Crippen molar-refractivity contribution in [2.75, 3.05) is 5.32 Å². The number of carbonyl (C=O) groups is 1. The van der Waals surface area contributed by atoms with Crippen molar-refractivity contribution in [2.24, 2.45) is 0 Å². The lowest BCUT2D eigenvalue weighted by molar-refractivity contribution is 0.102. The van der Waals surface area contributed by atoms with E-state index in [9.17, 15) is 4.79 Å². The van der Waals surface area contributed by atoms with Gasteiger partial charge in [0.05, 0.1) is 16.8 Å². The Kier molecular flexibility index (Phi) is 3.21. The molecular formula is C15H10N4OS2. The number of fused-ring (bicyclic) bond motifs is 1. The van der Waals surface area contributed by atoms with Crippen molar-refractivity contribution >= 4 is 39.2 Å². The number of anilines is 1. The number of aromatic nitrogens is 3. The summed E-state index contributed by atoms with van der Waals surface area (Å²) in [5.41, 5.74) is 2.13. The van der Waals surface area contributed by atoms with Crippen LogP contribution in [0.2, 0.25) is 0 Å². The van der Waals surface area contributed by atoms with E-state index in [2.05, 4.69) is 15.3 Å². The van der Waals surface area contributed by atoms with Gasteiger partial charge >= 0.3 is 0 Å². The summed E-state index contributed by atoms with van der Waals surface area (Å²) in [4.78, 5) is 22.9. The second-order valence-electron chi connectivity index (χ2n) is 4.57. The third-order valence-electron chi connectivity index (χ3n) is 3.13. The second-order valence-corrected chi connectivity index (χ2v) is 6.36. The highest BCUT2D eigenvalue weighted by Gasteiger charge is 2.15. The normalized spacial score (nSPS) is 10.9. The van der Waals surface area contributed by atoms with Crippen LogP contribution in [0.15, 0.2) is 53.6 Å². The highest BCUT2D eigenvalue weighted by atomic mass is 32.1. The number of hydrogen-bond donors (Lipinski definition) is 1. The number of rotatable bonds is 3. The van der Waals surface area contributed by atoms with Crippen LogP contribution in [0.5, 0.6) is 0 Å². The minimum Gasteiger partial charge on any atom is -0.319 e. The van der Waals surface area contributed by atoms with Gasteiger partial charge in [-0.25, -0.2) is 4.98 Å². The van der Waals surface area contributed by atoms with Gasteiger partial charge in [-0.15, -0.1) is 22.7 Å². The van der Waals surface area contributed by atoms with Gasteiger partial charge in [0.25, 0.3) is 5.91 Å². The first-order valence-electron chi connectivity index (χ1n) is 6.53. The number of thiazole rings is 1. The molecule has 0 aliphatic heterocycles. The van der Waals surface area contributed by atoms with E-state index in [1.807, 2.05) is 33.5 Å². The first-order valence-corrected chi connectivity index (χ1v) is 8.29. The molecule has 0 aliphatic rings. The highest BCUT2D eigenvalue weighted by Crippen LogP contribution is 2.27. The molecule has 0 radical (unpaired) electrons. The standard InChI is InChI=1S/C15H10N4OS2/c20-14(17-10-3-1-5-16-7-10)12-9-22-15-18-11(8-19(12)15)13-4-2-6-21-13/h1-9H,(H,17,20). The lowest BCUT2D eigenvalue weighted by Crippen LogP contribution is -2.13. The van der Waals surface area contributed by atoms with Crippen molar-refractivity contribution in [1.29, 1.82) is 0 Å². The van der Waals surface area contributed by atoms with E-state index in [4.69, 9.17) is 0 Å². The van der Waals surface area contributed by atoms with Gasteiger partial charge in [0.15, 0.2) is 4.96 Å². The van der Waals surface area contributed by atoms with E-state index < -0.39 is 0 Å². The summed E-state index contributed by atoms with van der Waals surface area (Å²) in [5, 5.41) is 6.66. The molecule has 1 N–H and O–H groups in total. The van der Waals surface area contributed by atoms with Crippen LogP contribution < -0.4 is 5.32 Å². The molecule has 22 heavy (non-hydrogen) atoms. The fourth-order valence-corrected chi connectivity index (χ4v) is 3.66. The Morgan fingerprint density at radius 3 is 2.95 bits per heavy atom. The average molecular weight is 326 g/mol. The molecule has 4 rings (SSSR count). The zero-order valence-corrected chi connectivity index (χ0v) is 12.9. The Bertz CT molecular complexity index is 925. The molecular weight excluding hydrogens is 316 g/mol. The number of thiophene rings is 1. The van der Waals surface area contributed by atoms with Crippen LogP contribution in [0, 0.1) is 0 Å². The number of nitrogens with one attached hydrogen (secondary N) is 1. The van der Waals surface area contributed by atoms with Crippen molar-refractivity contribution in [3.05, 3.63) is 59.3 Å². The summed E-state index contributed by atoms with van der Waals surface area (Å²) in [6.45, 7) is 0. The fourth-order valence-electron chi connectivity index (χ4n) is 2.12. The molecule has 5 nitrogen and oxygen atoms in total. The lowest BCUT2D eigenvalue weighted by atomic mass is 10.3. The van der Waals surface area contributed by atoms with Crippen molar-refractivity contribution in [2.45, 2.75) is 0 Å². The summed E-state index contributed by atoms with van der Waals surface area (Å²) in [7, 11) is 0. The number of imidazole rings is 1. The fraction of sp³-hybridized carbons (Fsp3) is 0. The number of carbonyl (C=O) groups excluding carboxylic acids is 1. The maximum Gasteiger partial charge on any atom is 0.273 e. The molecule has 4 aromatic rings. The molecule has 0 spiro atoms. The van der Waals surface area contributed by atoms with Crippen LogP contribution in [0.25, 0.3) is 15.5 Å². The quantitative estimate of drug-likeness (QED) is 0.623. The summed E-state index contributed by atoms with van der Waals surface area (Å²) < 4.78 is 1.82.